The first-order valence-electron chi connectivity index (χ1n) is 9.26. The van der Waals surface area contributed by atoms with Crippen LogP contribution in [0.3, 0.4) is 0 Å². The van der Waals surface area contributed by atoms with Crippen LogP contribution in [0.25, 0.3) is 0 Å². The molecule has 0 radical (unpaired) electrons. The van der Waals surface area contributed by atoms with Crippen LogP contribution in [0.2, 0.25) is 0 Å². The predicted octanol–water partition coefficient (Wildman–Crippen LogP) is 1.07. The van der Waals surface area contributed by atoms with Crippen molar-refractivity contribution in [3.8, 4) is 0 Å². The van der Waals surface area contributed by atoms with E-state index in [1.165, 1.54) is 13.8 Å². The number of carbonyl (C=O) groups excluding carboxylic acids is 3. The Morgan fingerprint density at radius 2 is 1.69 bits per heavy atom. The van der Waals surface area contributed by atoms with E-state index in [0.29, 0.717) is 17.7 Å². The maximum Gasteiger partial charge on any atom is 0.324 e. The number of rotatable bonds is 6. The van der Waals surface area contributed by atoms with Gasteiger partial charge in [0.25, 0.3) is 5.91 Å². The summed E-state index contributed by atoms with van der Waals surface area (Å²) in [6.07, 6.45) is -1.22. The fourth-order valence-corrected chi connectivity index (χ4v) is 4.96. The van der Waals surface area contributed by atoms with Gasteiger partial charge in [-0.3, -0.25) is 14.5 Å². The van der Waals surface area contributed by atoms with E-state index in [9.17, 15) is 22.8 Å². The van der Waals surface area contributed by atoms with Gasteiger partial charge in [0.1, 0.15) is 6.04 Å². The summed E-state index contributed by atoms with van der Waals surface area (Å²) in [6.45, 7) is 10.3. The van der Waals surface area contributed by atoms with E-state index in [1.54, 1.807) is 13.8 Å². The van der Waals surface area contributed by atoms with Gasteiger partial charge >= 0.3 is 12.0 Å². The largest absolute Gasteiger partial charge is 0.451 e. The van der Waals surface area contributed by atoms with Crippen molar-refractivity contribution in [1.82, 2.24) is 14.9 Å². The van der Waals surface area contributed by atoms with Crippen molar-refractivity contribution in [3.05, 3.63) is 28.3 Å². The molecule has 2 rings (SSSR count). The third kappa shape index (κ3) is 4.76. The van der Waals surface area contributed by atoms with Crippen LogP contribution < -0.4 is 10.0 Å². The van der Waals surface area contributed by atoms with Crippen LogP contribution in [0.15, 0.2) is 11.0 Å². The van der Waals surface area contributed by atoms with Crippen molar-refractivity contribution in [2.45, 2.75) is 58.6 Å². The lowest BCUT2D eigenvalue weighted by Crippen LogP contribution is -2.45. The summed E-state index contributed by atoms with van der Waals surface area (Å²) < 4.78 is 33.2. The Balaban J connectivity index is 2.13. The van der Waals surface area contributed by atoms with Gasteiger partial charge in [-0.15, -0.1) is 0 Å². The number of carbonyl (C=O) groups is 3. The minimum absolute atomic E-state index is 0.132. The Labute approximate surface area is 170 Å². The van der Waals surface area contributed by atoms with Crippen LogP contribution >= 0.6 is 0 Å². The molecule has 1 heterocycles. The van der Waals surface area contributed by atoms with Crippen molar-refractivity contribution >= 4 is 27.9 Å². The van der Waals surface area contributed by atoms with Crippen molar-refractivity contribution in [3.63, 3.8) is 0 Å². The summed E-state index contributed by atoms with van der Waals surface area (Å²) in [4.78, 5) is 37.2. The highest BCUT2D eigenvalue weighted by Gasteiger charge is 2.33. The van der Waals surface area contributed by atoms with Crippen LogP contribution in [0.5, 0.6) is 0 Å². The molecular weight excluding hydrogens is 398 g/mol. The number of esters is 1. The molecule has 0 bridgehead atoms. The summed E-state index contributed by atoms with van der Waals surface area (Å²) in [5.74, 6) is -1.57. The zero-order valence-electron chi connectivity index (χ0n) is 17.5. The van der Waals surface area contributed by atoms with E-state index in [4.69, 9.17) is 4.74 Å². The molecule has 0 aromatic heterocycles. The van der Waals surface area contributed by atoms with Crippen molar-refractivity contribution < 1.29 is 27.5 Å². The maximum atomic E-state index is 12.9. The van der Waals surface area contributed by atoms with Gasteiger partial charge in [0, 0.05) is 13.1 Å². The van der Waals surface area contributed by atoms with Gasteiger partial charge in [0.05, 0.1) is 4.90 Å². The molecule has 0 saturated carbocycles. The molecule has 1 aliphatic heterocycles. The SMILES string of the molecule is Cc1cc(C)c(C)c(S(=O)(=O)N[C@@H](C)C(=O)O[C@H](C)C(=O)N2CCNC2=O)c1C. The molecule has 0 spiro atoms. The van der Waals surface area contributed by atoms with Gasteiger partial charge in [-0.1, -0.05) is 6.07 Å². The van der Waals surface area contributed by atoms with Gasteiger partial charge in [0.15, 0.2) is 6.10 Å². The van der Waals surface area contributed by atoms with E-state index < -0.39 is 40.1 Å². The molecule has 1 aromatic rings. The quantitative estimate of drug-likeness (QED) is 0.658. The topological polar surface area (TPSA) is 122 Å². The van der Waals surface area contributed by atoms with Crippen LogP contribution in [-0.4, -0.2) is 56.5 Å². The predicted molar refractivity (Wildman–Crippen MR) is 106 cm³/mol. The van der Waals surface area contributed by atoms with E-state index in [-0.39, 0.29) is 11.4 Å². The highest BCUT2D eigenvalue weighted by molar-refractivity contribution is 7.89. The number of nitrogens with zero attached hydrogens (tertiary/aromatic N) is 1. The molecule has 3 amide bonds. The normalized spacial score (nSPS) is 16.3. The molecule has 0 aliphatic carbocycles. The molecule has 2 atom stereocenters. The second kappa shape index (κ2) is 8.50. The number of imide groups is 1. The molecule has 10 heteroatoms. The number of amides is 3. The molecule has 1 aromatic carbocycles. The summed E-state index contributed by atoms with van der Waals surface area (Å²) >= 11 is 0. The van der Waals surface area contributed by atoms with Crippen LogP contribution in [0.4, 0.5) is 4.79 Å². The molecule has 29 heavy (non-hydrogen) atoms. The van der Waals surface area contributed by atoms with Gasteiger partial charge in [-0.05, 0) is 63.8 Å². The highest BCUT2D eigenvalue weighted by atomic mass is 32.2. The lowest BCUT2D eigenvalue weighted by molar-refractivity contribution is -0.158. The number of nitrogens with one attached hydrogen (secondary N) is 2. The zero-order chi connectivity index (χ0) is 22.1. The summed E-state index contributed by atoms with van der Waals surface area (Å²) in [7, 11) is -4.00. The number of ether oxygens (including phenoxy) is 1. The van der Waals surface area contributed by atoms with Crippen molar-refractivity contribution in [2.24, 2.45) is 0 Å². The van der Waals surface area contributed by atoms with Crippen molar-refractivity contribution in [2.75, 3.05) is 13.1 Å². The number of benzene rings is 1. The fraction of sp³-hybridized carbons (Fsp3) is 0.526. The van der Waals surface area contributed by atoms with Gasteiger partial charge in [-0.2, -0.15) is 4.72 Å². The molecule has 1 fully saturated rings. The first-order chi connectivity index (χ1) is 13.4. The van der Waals surface area contributed by atoms with Gasteiger partial charge in [0.2, 0.25) is 10.0 Å². The first kappa shape index (κ1) is 22.8. The van der Waals surface area contributed by atoms with E-state index >= 15 is 0 Å². The van der Waals surface area contributed by atoms with E-state index in [1.807, 2.05) is 19.9 Å². The van der Waals surface area contributed by atoms with Crippen LogP contribution in [-0.2, 0) is 24.3 Å². The Bertz CT molecular complexity index is 931. The average Bonchev–Trinajstić information content (AvgIpc) is 3.04. The summed E-state index contributed by atoms with van der Waals surface area (Å²) in [6, 6.07) is 0.137. The van der Waals surface area contributed by atoms with Gasteiger partial charge in [-0.25, -0.2) is 13.2 Å². The van der Waals surface area contributed by atoms with E-state index in [2.05, 4.69) is 10.0 Å². The Kier molecular flexibility index (Phi) is 6.69. The average molecular weight is 426 g/mol. The lowest BCUT2D eigenvalue weighted by atomic mass is 10.0. The Hall–Kier alpha value is -2.46. The first-order valence-corrected chi connectivity index (χ1v) is 10.7. The third-order valence-corrected chi connectivity index (χ3v) is 6.83. The lowest BCUT2D eigenvalue weighted by Gasteiger charge is -2.21. The molecule has 1 saturated heterocycles. The second-order valence-corrected chi connectivity index (χ2v) is 8.88. The minimum Gasteiger partial charge on any atom is -0.451 e. The number of aryl methyl sites for hydroxylation is 2. The molecule has 1 aliphatic rings. The molecule has 160 valence electrons. The minimum atomic E-state index is -4.00. The molecule has 0 unspecified atom stereocenters. The van der Waals surface area contributed by atoms with Crippen LogP contribution in [0, 0.1) is 27.7 Å². The summed E-state index contributed by atoms with van der Waals surface area (Å²) in [5, 5.41) is 2.48. The zero-order valence-corrected chi connectivity index (χ0v) is 18.3. The van der Waals surface area contributed by atoms with Crippen LogP contribution in [0.1, 0.15) is 36.1 Å². The summed E-state index contributed by atoms with van der Waals surface area (Å²) in [5.41, 5.74) is 2.85. The van der Waals surface area contributed by atoms with Crippen molar-refractivity contribution in [1.29, 1.82) is 0 Å². The fourth-order valence-electron chi connectivity index (χ4n) is 3.15. The molecule has 9 nitrogen and oxygen atoms in total. The standard InChI is InChI=1S/C19H27N3O6S/c1-10-9-11(2)13(4)16(12(10)3)29(26,27)21-14(5)18(24)28-15(6)17(23)22-8-7-20-19(22)25/h9,14-15,21H,7-8H2,1-6H3,(H,20,25)/t14-,15+/m0/s1. The number of urea groups is 1. The monoisotopic (exact) mass is 425 g/mol. The molecule has 2 N–H and O–H groups in total. The second-order valence-electron chi connectivity index (χ2n) is 7.23. The van der Waals surface area contributed by atoms with Gasteiger partial charge < -0.3 is 10.1 Å². The third-order valence-electron chi connectivity index (χ3n) is 5.01. The highest BCUT2D eigenvalue weighted by Crippen LogP contribution is 2.26. The number of hydrogen-bond donors (Lipinski definition) is 2. The van der Waals surface area contributed by atoms with E-state index in [0.717, 1.165) is 16.0 Å². The maximum absolute atomic E-state index is 12.9. The smallest absolute Gasteiger partial charge is 0.324 e. The Morgan fingerprint density at radius 1 is 1.14 bits per heavy atom. The number of hydrogen-bond acceptors (Lipinski definition) is 6. The Morgan fingerprint density at radius 3 is 2.17 bits per heavy atom. The molecular formula is C19H27N3O6S. The number of sulfonamides is 1.